The van der Waals surface area contributed by atoms with E-state index < -0.39 is 5.97 Å². The Hall–Kier alpha value is -1.81. The average Bonchev–Trinajstić information content (AvgIpc) is 2.45. The van der Waals surface area contributed by atoms with E-state index in [1.807, 2.05) is 0 Å². The molecule has 0 aliphatic heterocycles. The zero-order chi connectivity index (χ0) is 15.0. The lowest BCUT2D eigenvalue weighted by molar-refractivity contribution is -0.140. The fourth-order valence-corrected chi connectivity index (χ4v) is 1.68. The SMILES string of the molecule is CCOC(=O)/C(=C/c1ccc(Cl)cc1)CCC(=O)OC. The second kappa shape index (κ2) is 8.38. The maximum Gasteiger partial charge on any atom is 0.334 e. The minimum Gasteiger partial charge on any atom is -0.469 e. The van der Waals surface area contributed by atoms with Gasteiger partial charge in [-0.05, 0) is 37.1 Å². The van der Waals surface area contributed by atoms with Crippen molar-refractivity contribution in [1.82, 2.24) is 0 Å². The first-order chi connectivity index (χ1) is 9.56. The summed E-state index contributed by atoms with van der Waals surface area (Å²) in [5.41, 5.74) is 1.25. The maximum atomic E-state index is 11.8. The van der Waals surface area contributed by atoms with E-state index in [0.717, 1.165) is 5.56 Å². The molecule has 0 aliphatic rings. The summed E-state index contributed by atoms with van der Waals surface area (Å²) in [6, 6.07) is 7.05. The van der Waals surface area contributed by atoms with Crippen LogP contribution in [-0.4, -0.2) is 25.7 Å². The Kier molecular flexibility index (Phi) is 6.81. The molecular formula is C15H17ClO4. The Morgan fingerprint density at radius 1 is 1.20 bits per heavy atom. The molecule has 0 aliphatic carbocycles. The summed E-state index contributed by atoms with van der Waals surface area (Å²) in [7, 11) is 1.31. The molecule has 20 heavy (non-hydrogen) atoms. The molecule has 0 saturated carbocycles. The first-order valence-electron chi connectivity index (χ1n) is 6.27. The van der Waals surface area contributed by atoms with Crippen molar-refractivity contribution in [3.63, 3.8) is 0 Å². The molecule has 0 N–H and O–H groups in total. The number of esters is 2. The van der Waals surface area contributed by atoms with Crippen molar-refractivity contribution in [3.8, 4) is 0 Å². The number of carbonyl (C=O) groups excluding carboxylic acids is 2. The number of rotatable bonds is 6. The molecular weight excluding hydrogens is 280 g/mol. The molecule has 0 unspecified atom stereocenters. The minimum atomic E-state index is -0.425. The van der Waals surface area contributed by atoms with Crippen LogP contribution in [0, 0.1) is 0 Å². The van der Waals surface area contributed by atoms with Crippen LogP contribution in [0.3, 0.4) is 0 Å². The molecule has 1 rings (SSSR count). The van der Waals surface area contributed by atoms with Gasteiger partial charge in [0.2, 0.25) is 0 Å². The first kappa shape index (κ1) is 16.2. The van der Waals surface area contributed by atoms with E-state index in [1.165, 1.54) is 7.11 Å². The molecule has 0 saturated heterocycles. The van der Waals surface area contributed by atoms with Crippen molar-refractivity contribution in [2.75, 3.05) is 13.7 Å². The molecule has 108 valence electrons. The quantitative estimate of drug-likeness (QED) is 0.597. The van der Waals surface area contributed by atoms with Gasteiger partial charge in [-0.3, -0.25) is 4.79 Å². The van der Waals surface area contributed by atoms with E-state index in [-0.39, 0.29) is 25.4 Å². The third kappa shape index (κ3) is 5.45. The average molecular weight is 297 g/mol. The summed E-state index contributed by atoms with van der Waals surface area (Å²) in [5, 5.41) is 0.620. The van der Waals surface area contributed by atoms with Gasteiger partial charge in [-0.15, -0.1) is 0 Å². The van der Waals surface area contributed by atoms with Gasteiger partial charge in [0.1, 0.15) is 0 Å². The Morgan fingerprint density at radius 3 is 2.40 bits per heavy atom. The van der Waals surface area contributed by atoms with Crippen molar-refractivity contribution in [2.45, 2.75) is 19.8 Å². The summed E-state index contributed by atoms with van der Waals surface area (Å²) in [4.78, 5) is 23.0. The fourth-order valence-electron chi connectivity index (χ4n) is 1.56. The highest BCUT2D eigenvalue weighted by atomic mass is 35.5. The monoisotopic (exact) mass is 296 g/mol. The van der Waals surface area contributed by atoms with Gasteiger partial charge in [0.05, 0.1) is 13.7 Å². The summed E-state index contributed by atoms with van der Waals surface area (Å²) in [5.74, 6) is -0.789. The van der Waals surface area contributed by atoms with E-state index in [2.05, 4.69) is 4.74 Å². The molecule has 0 aromatic heterocycles. The molecule has 0 amide bonds. The van der Waals surface area contributed by atoms with E-state index in [4.69, 9.17) is 16.3 Å². The molecule has 0 atom stereocenters. The first-order valence-corrected chi connectivity index (χ1v) is 6.64. The van der Waals surface area contributed by atoms with Crippen molar-refractivity contribution in [2.24, 2.45) is 0 Å². The number of hydrogen-bond acceptors (Lipinski definition) is 4. The van der Waals surface area contributed by atoms with E-state index >= 15 is 0 Å². The van der Waals surface area contributed by atoms with Crippen LogP contribution in [0.1, 0.15) is 25.3 Å². The zero-order valence-electron chi connectivity index (χ0n) is 11.5. The summed E-state index contributed by atoms with van der Waals surface area (Å²) in [6.45, 7) is 2.02. The van der Waals surface area contributed by atoms with Crippen LogP contribution in [0.2, 0.25) is 5.02 Å². The van der Waals surface area contributed by atoms with Gasteiger partial charge in [-0.2, -0.15) is 0 Å². The second-order valence-corrected chi connectivity index (χ2v) is 4.45. The van der Waals surface area contributed by atoms with Gasteiger partial charge in [0, 0.05) is 17.0 Å². The number of ether oxygens (including phenoxy) is 2. The Bertz CT molecular complexity index is 491. The number of halogens is 1. The lowest BCUT2D eigenvalue weighted by atomic mass is 10.1. The molecule has 0 heterocycles. The molecule has 0 fully saturated rings. The Labute approximate surface area is 123 Å². The minimum absolute atomic E-state index is 0.134. The number of methoxy groups -OCH3 is 1. The highest BCUT2D eigenvalue weighted by Crippen LogP contribution is 2.16. The number of hydrogen-bond donors (Lipinski definition) is 0. The normalized spacial score (nSPS) is 11.1. The van der Waals surface area contributed by atoms with E-state index in [1.54, 1.807) is 37.3 Å². The van der Waals surface area contributed by atoms with E-state index in [0.29, 0.717) is 10.6 Å². The zero-order valence-corrected chi connectivity index (χ0v) is 12.3. The highest BCUT2D eigenvalue weighted by molar-refractivity contribution is 6.30. The molecule has 1 aromatic rings. The Morgan fingerprint density at radius 2 is 1.85 bits per heavy atom. The summed E-state index contributed by atoms with van der Waals surface area (Å²) in [6.07, 6.45) is 2.10. The fraction of sp³-hybridized carbons (Fsp3) is 0.333. The number of benzene rings is 1. The van der Waals surface area contributed by atoms with Gasteiger partial charge < -0.3 is 9.47 Å². The molecule has 0 radical (unpaired) electrons. The van der Waals surface area contributed by atoms with Crippen molar-refractivity contribution < 1.29 is 19.1 Å². The molecule has 5 heteroatoms. The van der Waals surface area contributed by atoms with Crippen molar-refractivity contribution >= 4 is 29.6 Å². The van der Waals surface area contributed by atoms with Crippen molar-refractivity contribution in [3.05, 3.63) is 40.4 Å². The third-order valence-electron chi connectivity index (χ3n) is 2.57. The van der Waals surface area contributed by atoms with Gasteiger partial charge in [-0.25, -0.2) is 4.79 Å². The van der Waals surface area contributed by atoms with Gasteiger partial charge >= 0.3 is 11.9 Å². The maximum absolute atomic E-state index is 11.8. The predicted octanol–water partition coefficient (Wildman–Crippen LogP) is 3.24. The highest BCUT2D eigenvalue weighted by Gasteiger charge is 2.13. The lowest BCUT2D eigenvalue weighted by Gasteiger charge is -2.07. The largest absolute Gasteiger partial charge is 0.469 e. The Balaban J connectivity index is 2.88. The van der Waals surface area contributed by atoms with Crippen LogP contribution in [0.15, 0.2) is 29.8 Å². The molecule has 0 bridgehead atoms. The van der Waals surface area contributed by atoms with Gasteiger partial charge in [0.25, 0.3) is 0 Å². The van der Waals surface area contributed by atoms with Crippen LogP contribution in [0.4, 0.5) is 0 Å². The summed E-state index contributed by atoms with van der Waals surface area (Å²) >= 11 is 5.81. The van der Waals surface area contributed by atoms with Crippen LogP contribution >= 0.6 is 11.6 Å². The molecule has 1 aromatic carbocycles. The molecule has 0 spiro atoms. The third-order valence-corrected chi connectivity index (χ3v) is 2.83. The lowest BCUT2D eigenvalue weighted by Crippen LogP contribution is -2.10. The van der Waals surface area contributed by atoms with Crippen LogP contribution in [-0.2, 0) is 19.1 Å². The van der Waals surface area contributed by atoms with Gasteiger partial charge in [-0.1, -0.05) is 23.7 Å². The van der Waals surface area contributed by atoms with Crippen LogP contribution in [0.5, 0.6) is 0 Å². The van der Waals surface area contributed by atoms with Crippen LogP contribution < -0.4 is 0 Å². The standard InChI is InChI=1S/C15H17ClO4/c1-3-20-15(18)12(6-9-14(17)19-2)10-11-4-7-13(16)8-5-11/h4-5,7-8,10H,3,6,9H2,1-2H3/b12-10+. The molecule has 4 nitrogen and oxygen atoms in total. The summed E-state index contributed by atoms with van der Waals surface area (Å²) < 4.78 is 9.55. The van der Waals surface area contributed by atoms with Crippen molar-refractivity contribution in [1.29, 1.82) is 0 Å². The topological polar surface area (TPSA) is 52.6 Å². The second-order valence-electron chi connectivity index (χ2n) is 4.02. The van der Waals surface area contributed by atoms with Crippen LogP contribution in [0.25, 0.3) is 6.08 Å². The smallest absolute Gasteiger partial charge is 0.334 e. The van der Waals surface area contributed by atoms with Gasteiger partial charge in [0.15, 0.2) is 0 Å². The predicted molar refractivity (Wildman–Crippen MR) is 77.3 cm³/mol. The van der Waals surface area contributed by atoms with E-state index in [9.17, 15) is 9.59 Å². The number of carbonyl (C=O) groups is 2.